The maximum Gasteiger partial charge on any atom is 0.281 e. The highest BCUT2D eigenvalue weighted by molar-refractivity contribution is 7.99. The van der Waals surface area contributed by atoms with Gasteiger partial charge in [0.05, 0.1) is 19.6 Å². The van der Waals surface area contributed by atoms with Crippen LogP contribution in [0.1, 0.15) is 62.2 Å². The summed E-state index contributed by atoms with van der Waals surface area (Å²) in [5, 5.41) is 19.0. The second-order valence-corrected chi connectivity index (χ2v) is 12.4. The van der Waals surface area contributed by atoms with Crippen molar-refractivity contribution in [2.75, 3.05) is 25.4 Å². The number of piperidine rings is 3. The maximum absolute atomic E-state index is 14.6. The van der Waals surface area contributed by atoms with Gasteiger partial charge in [-0.15, -0.1) is 11.8 Å². The molecule has 3 aliphatic heterocycles. The minimum absolute atomic E-state index is 0.0104. The number of rotatable bonds is 8. The Morgan fingerprint density at radius 3 is 2.33 bits per heavy atom. The van der Waals surface area contributed by atoms with Crippen molar-refractivity contribution >= 4 is 11.8 Å². The molecule has 4 fully saturated rings. The van der Waals surface area contributed by atoms with Gasteiger partial charge in [0.15, 0.2) is 12.4 Å². The largest absolute Gasteiger partial charge is 0.840 e. The highest BCUT2D eigenvalue weighted by Gasteiger charge is 2.47. The van der Waals surface area contributed by atoms with Crippen LogP contribution in [0.2, 0.25) is 0 Å². The summed E-state index contributed by atoms with van der Waals surface area (Å²) in [5.74, 6) is 3.71. The van der Waals surface area contributed by atoms with Crippen LogP contribution in [0.15, 0.2) is 70.1 Å². The molecule has 2 aromatic carbocycles. The van der Waals surface area contributed by atoms with Gasteiger partial charge in [0.25, 0.3) is 5.89 Å². The summed E-state index contributed by atoms with van der Waals surface area (Å²) in [6, 6.07) is 20.5. The normalized spacial score (nSPS) is 28.1. The smallest absolute Gasteiger partial charge is 0.281 e. The lowest BCUT2D eigenvalue weighted by molar-refractivity contribution is -0.959. The van der Waals surface area contributed by atoms with Crippen LogP contribution in [-0.4, -0.2) is 40.0 Å². The molecule has 0 N–H and O–H groups in total. The molecule has 0 spiro atoms. The van der Waals surface area contributed by atoms with Gasteiger partial charge in [0.1, 0.15) is 0 Å². The highest BCUT2D eigenvalue weighted by Crippen LogP contribution is 2.43. The average Bonchev–Trinajstić information content (AvgIpc) is 3.42. The molecule has 1 saturated carbocycles. The van der Waals surface area contributed by atoms with Crippen LogP contribution in [0.3, 0.4) is 0 Å². The molecule has 1 aromatic heterocycles. The second-order valence-electron chi connectivity index (χ2n) is 11.3. The zero-order valence-corrected chi connectivity index (χ0v) is 21.9. The van der Waals surface area contributed by atoms with Crippen molar-refractivity contribution in [3.63, 3.8) is 0 Å². The van der Waals surface area contributed by atoms with Crippen molar-refractivity contribution in [3.8, 4) is 0 Å². The first kappa shape index (κ1) is 24.2. The molecule has 7 rings (SSSR count). The Hall–Kier alpha value is -2.15. The van der Waals surface area contributed by atoms with Crippen LogP contribution in [0, 0.1) is 17.8 Å². The molecular weight excluding hydrogens is 466 g/mol. The zero-order valence-electron chi connectivity index (χ0n) is 21.1. The Balaban J connectivity index is 1.20. The summed E-state index contributed by atoms with van der Waals surface area (Å²) in [5.41, 5.74) is -0.666. The summed E-state index contributed by atoms with van der Waals surface area (Å²) in [4.78, 5) is 6.20. The van der Waals surface area contributed by atoms with Crippen molar-refractivity contribution in [3.05, 3.63) is 77.9 Å². The van der Waals surface area contributed by atoms with Crippen molar-refractivity contribution < 1.29 is 14.1 Å². The molecule has 0 amide bonds. The van der Waals surface area contributed by atoms with E-state index in [1.165, 1.54) is 49.5 Å². The van der Waals surface area contributed by atoms with E-state index in [2.05, 4.69) is 35.5 Å². The summed E-state index contributed by atoms with van der Waals surface area (Å²) >= 11 is 1.99. The van der Waals surface area contributed by atoms with Gasteiger partial charge in [-0.05, 0) is 29.6 Å². The topological polar surface area (TPSA) is 62.0 Å². The van der Waals surface area contributed by atoms with Gasteiger partial charge in [-0.3, -0.25) is 0 Å². The van der Waals surface area contributed by atoms with E-state index in [1.54, 1.807) is 0 Å². The van der Waals surface area contributed by atoms with Crippen molar-refractivity contribution in [1.82, 2.24) is 10.1 Å². The Labute approximate surface area is 218 Å². The van der Waals surface area contributed by atoms with E-state index >= 15 is 0 Å². The first-order valence-corrected chi connectivity index (χ1v) is 14.8. The van der Waals surface area contributed by atoms with Crippen molar-refractivity contribution in [2.24, 2.45) is 17.8 Å². The average molecular weight is 504 g/mol. The molecule has 4 heterocycles. The number of hydrogen-bond acceptors (Lipinski definition) is 5. The van der Waals surface area contributed by atoms with Gasteiger partial charge in [0, 0.05) is 29.4 Å². The van der Waals surface area contributed by atoms with E-state index < -0.39 is 5.60 Å². The van der Waals surface area contributed by atoms with Gasteiger partial charge < -0.3 is 14.1 Å². The molecule has 0 radical (unpaired) electrons. The molecule has 5 nitrogen and oxygen atoms in total. The lowest BCUT2D eigenvalue weighted by atomic mass is 9.73. The van der Waals surface area contributed by atoms with E-state index in [-0.39, 0.29) is 5.92 Å². The van der Waals surface area contributed by atoms with E-state index in [4.69, 9.17) is 9.51 Å². The van der Waals surface area contributed by atoms with Gasteiger partial charge in [0.2, 0.25) is 0 Å². The fraction of sp³-hybridized carbons (Fsp3) is 0.533. The van der Waals surface area contributed by atoms with Crippen molar-refractivity contribution in [1.29, 1.82) is 0 Å². The first-order valence-electron chi connectivity index (χ1n) is 13.8. The Kier molecular flexibility index (Phi) is 6.93. The number of hydrogen-bond donors (Lipinski definition) is 0. The second kappa shape index (κ2) is 10.3. The number of nitrogens with zero attached hydrogens (tertiary/aromatic N) is 3. The molecule has 4 aliphatic rings. The first-order chi connectivity index (χ1) is 17.6. The molecule has 1 unspecified atom stereocenters. The van der Waals surface area contributed by atoms with E-state index in [0.29, 0.717) is 17.6 Å². The third-order valence-electron chi connectivity index (χ3n) is 9.10. The third-order valence-corrected chi connectivity index (χ3v) is 10.3. The van der Waals surface area contributed by atoms with Crippen LogP contribution in [0.25, 0.3) is 0 Å². The van der Waals surface area contributed by atoms with Crippen LogP contribution in [0.4, 0.5) is 0 Å². The SMILES string of the molecule is [O-][C@](c1ccccc1)(c1noc(C[N+]23CCC(CC2)C(CSc2ccccc2)C3)n1)C1CCCCC1. The molecule has 6 heteroatoms. The van der Waals surface area contributed by atoms with Crippen LogP contribution in [0.5, 0.6) is 0 Å². The van der Waals surface area contributed by atoms with Crippen molar-refractivity contribution in [2.45, 2.75) is 62.0 Å². The summed E-state index contributed by atoms with van der Waals surface area (Å²) in [7, 11) is 0. The summed E-state index contributed by atoms with van der Waals surface area (Å²) in [6.07, 6.45) is 7.85. The number of benzene rings is 2. The molecule has 3 saturated heterocycles. The van der Waals surface area contributed by atoms with E-state index in [1.807, 2.05) is 42.1 Å². The van der Waals surface area contributed by atoms with E-state index in [9.17, 15) is 5.11 Å². The highest BCUT2D eigenvalue weighted by atomic mass is 32.2. The maximum atomic E-state index is 14.6. The minimum atomic E-state index is -1.44. The molecule has 1 aliphatic carbocycles. The van der Waals surface area contributed by atoms with Crippen LogP contribution in [-0.2, 0) is 12.1 Å². The Morgan fingerprint density at radius 1 is 0.917 bits per heavy atom. The molecule has 3 aromatic rings. The minimum Gasteiger partial charge on any atom is -0.840 e. The Morgan fingerprint density at radius 2 is 1.61 bits per heavy atom. The van der Waals surface area contributed by atoms with Gasteiger partial charge >= 0.3 is 0 Å². The number of aromatic nitrogens is 2. The number of thioether (sulfide) groups is 1. The third kappa shape index (κ3) is 4.75. The summed E-state index contributed by atoms with van der Waals surface area (Å²) < 4.78 is 6.88. The quantitative estimate of drug-likeness (QED) is 0.304. The fourth-order valence-electron chi connectivity index (χ4n) is 7.07. The molecule has 190 valence electrons. The van der Waals surface area contributed by atoms with Gasteiger partial charge in [-0.2, -0.15) is 4.98 Å². The Bertz CT molecular complexity index is 1120. The van der Waals surface area contributed by atoms with E-state index in [0.717, 1.165) is 48.2 Å². The van der Waals surface area contributed by atoms with Gasteiger partial charge in [-0.1, -0.05) is 91.4 Å². The molecule has 2 bridgehead atoms. The zero-order chi connectivity index (χ0) is 24.4. The standard InChI is InChI=1S/C30H37N3O2S/c34-30(25-10-4-1-5-11-25,26-12-6-2-7-13-26)29-31-28(35-32-29)21-33-18-16-23(17-19-33)24(20-33)22-36-27-14-8-3-9-15-27/h1,3-5,8-11,14-15,23-24,26H,2,6-7,12-13,16-22H2/t23?,24?,30-,33?/m0/s1. The monoisotopic (exact) mass is 503 g/mol. The molecule has 2 atom stereocenters. The van der Waals surface area contributed by atoms with Crippen LogP contribution >= 0.6 is 11.8 Å². The predicted octanol–water partition coefficient (Wildman–Crippen LogP) is 5.40. The number of fused-ring (bicyclic) bond motifs is 3. The lowest BCUT2D eigenvalue weighted by Gasteiger charge is -2.52. The fourth-order valence-corrected chi connectivity index (χ4v) is 8.20. The lowest BCUT2D eigenvalue weighted by Crippen LogP contribution is -2.61. The number of quaternary nitrogens is 1. The molecular formula is C30H37N3O2S. The molecule has 36 heavy (non-hydrogen) atoms. The predicted molar refractivity (Wildman–Crippen MR) is 140 cm³/mol. The van der Waals surface area contributed by atoms with Gasteiger partial charge in [-0.25, -0.2) is 0 Å². The van der Waals surface area contributed by atoms with Crippen LogP contribution < -0.4 is 5.11 Å². The summed E-state index contributed by atoms with van der Waals surface area (Å²) in [6.45, 7) is 4.28.